The smallest absolute Gasteiger partial charge is 0.248 e. The summed E-state index contributed by atoms with van der Waals surface area (Å²) < 4.78 is 5.90. The van der Waals surface area contributed by atoms with Gasteiger partial charge in [0.15, 0.2) is 5.82 Å². The maximum Gasteiger partial charge on any atom is 0.248 e. The average Bonchev–Trinajstić information content (AvgIpc) is 2.64. The van der Waals surface area contributed by atoms with E-state index in [1.54, 1.807) is 0 Å². The fraction of sp³-hybridized carbons (Fsp3) is 0.474. The molecule has 0 bridgehead atoms. The summed E-state index contributed by atoms with van der Waals surface area (Å²) in [4.78, 5) is 13.2. The Morgan fingerprint density at radius 1 is 1.08 bits per heavy atom. The van der Waals surface area contributed by atoms with Crippen molar-refractivity contribution in [2.75, 3.05) is 43.4 Å². The maximum atomic E-state index is 6.30. The summed E-state index contributed by atoms with van der Waals surface area (Å²) in [7, 11) is 0. The lowest BCUT2D eigenvalue weighted by molar-refractivity contribution is 0.270. The predicted octanol–water partition coefficient (Wildman–Crippen LogP) is 3.12. The number of nitrogens with two attached hydrogens (primary N) is 1. The van der Waals surface area contributed by atoms with Crippen LogP contribution in [0.2, 0.25) is 0 Å². The minimum absolute atomic E-state index is 0.417. The van der Waals surface area contributed by atoms with Gasteiger partial charge in [0, 0.05) is 26.2 Å². The lowest BCUT2D eigenvalue weighted by atomic mass is 10.0. The highest BCUT2D eigenvalue weighted by Crippen LogP contribution is 2.32. The Labute approximate surface area is 149 Å². The topological polar surface area (TPSA) is 67.5 Å². The fourth-order valence-electron chi connectivity index (χ4n) is 3.01. The molecule has 2 aromatic rings. The van der Waals surface area contributed by atoms with Crippen molar-refractivity contribution in [2.45, 2.75) is 26.7 Å². The molecule has 1 aliphatic rings. The summed E-state index contributed by atoms with van der Waals surface area (Å²) in [6.45, 7) is 11.5. The summed E-state index contributed by atoms with van der Waals surface area (Å²) in [6.07, 6.45) is 1.52. The highest BCUT2D eigenvalue weighted by Gasteiger charge is 2.21. The fourth-order valence-corrected chi connectivity index (χ4v) is 3.01. The lowest BCUT2D eigenvalue weighted by Gasteiger charge is -2.35. The van der Waals surface area contributed by atoms with Gasteiger partial charge in [0.05, 0.1) is 0 Å². The van der Waals surface area contributed by atoms with Gasteiger partial charge < -0.3 is 20.3 Å². The van der Waals surface area contributed by atoms with Crippen LogP contribution in [0.3, 0.4) is 0 Å². The van der Waals surface area contributed by atoms with Crippen molar-refractivity contribution in [1.29, 1.82) is 0 Å². The summed E-state index contributed by atoms with van der Waals surface area (Å²) in [6, 6.07) is 8.05. The molecule has 0 unspecified atom stereocenters. The molecular weight excluding hydrogens is 314 g/mol. The third-order valence-corrected chi connectivity index (χ3v) is 4.71. The van der Waals surface area contributed by atoms with Crippen LogP contribution in [0.5, 0.6) is 11.6 Å². The molecule has 0 amide bonds. The molecule has 0 atom stereocenters. The minimum atomic E-state index is 0.417. The van der Waals surface area contributed by atoms with Crippen molar-refractivity contribution in [3.05, 3.63) is 36.2 Å². The summed E-state index contributed by atoms with van der Waals surface area (Å²) >= 11 is 0. The van der Waals surface area contributed by atoms with Gasteiger partial charge >= 0.3 is 0 Å². The van der Waals surface area contributed by atoms with E-state index < -0.39 is 0 Å². The summed E-state index contributed by atoms with van der Waals surface area (Å²) in [5.41, 5.74) is 8.08. The van der Waals surface area contributed by atoms with Gasteiger partial charge in [-0.1, -0.05) is 32.9 Å². The molecule has 134 valence electrons. The third kappa shape index (κ3) is 4.02. The zero-order valence-corrected chi connectivity index (χ0v) is 15.3. The standard InChI is InChI=1S/C19H27N5O/c1-4-23-9-11-24(12-10-23)18-17(20)19(22-13-21-18)25-16-7-5-15(6-8-16)14(2)3/h5-8,13-14H,4,9-12,20H2,1-3H3. The molecule has 0 aliphatic carbocycles. The summed E-state index contributed by atoms with van der Waals surface area (Å²) in [5, 5.41) is 0. The molecule has 1 aromatic heterocycles. The molecule has 6 nitrogen and oxygen atoms in total. The first-order chi connectivity index (χ1) is 12.1. The Hall–Kier alpha value is -2.34. The first-order valence-electron chi connectivity index (χ1n) is 8.94. The minimum Gasteiger partial charge on any atom is -0.437 e. The second-order valence-corrected chi connectivity index (χ2v) is 6.66. The van der Waals surface area contributed by atoms with Gasteiger partial charge in [0.1, 0.15) is 17.8 Å². The van der Waals surface area contributed by atoms with Gasteiger partial charge in [-0.25, -0.2) is 4.98 Å². The number of rotatable bonds is 5. The Bertz CT molecular complexity index is 693. The number of piperazine rings is 1. The Morgan fingerprint density at radius 2 is 1.76 bits per heavy atom. The molecule has 2 N–H and O–H groups in total. The van der Waals surface area contributed by atoms with Crippen molar-refractivity contribution in [1.82, 2.24) is 14.9 Å². The van der Waals surface area contributed by atoms with Crippen LogP contribution < -0.4 is 15.4 Å². The van der Waals surface area contributed by atoms with Crippen LogP contribution in [-0.2, 0) is 0 Å². The predicted molar refractivity (Wildman–Crippen MR) is 101 cm³/mol. The van der Waals surface area contributed by atoms with Crippen molar-refractivity contribution in [3.8, 4) is 11.6 Å². The van der Waals surface area contributed by atoms with E-state index in [-0.39, 0.29) is 0 Å². The highest BCUT2D eigenvalue weighted by atomic mass is 16.5. The maximum absolute atomic E-state index is 6.30. The Balaban J connectivity index is 1.75. The lowest BCUT2D eigenvalue weighted by Crippen LogP contribution is -2.46. The Morgan fingerprint density at radius 3 is 2.36 bits per heavy atom. The van der Waals surface area contributed by atoms with Gasteiger partial charge in [-0.2, -0.15) is 4.98 Å². The van der Waals surface area contributed by atoms with Gasteiger partial charge in [0.2, 0.25) is 5.88 Å². The molecule has 3 rings (SSSR count). The number of benzene rings is 1. The van der Waals surface area contributed by atoms with Crippen LogP contribution in [0, 0.1) is 0 Å². The third-order valence-electron chi connectivity index (χ3n) is 4.71. The second-order valence-electron chi connectivity index (χ2n) is 6.66. The molecule has 6 heteroatoms. The molecule has 1 fully saturated rings. The second kappa shape index (κ2) is 7.70. The SMILES string of the molecule is CCN1CCN(c2ncnc(Oc3ccc(C(C)C)cc3)c2N)CC1. The first kappa shape index (κ1) is 17.5. The first-order valence-corrected chi connectivity index (χ1v) is 8.94. The molecule has 0 saturated carbocycles. The molecule has 25 heavy (non-hydrogen) atoms. The van der Waals surface area contributed by atoms with Crippen molar-refractivity contribution >= 4 is 11.5 Å². The van der Waals surface area contributed by atoms with E-state index in [9.17, 15) is 0 Å². The number of nitrogens with zero attached hydrogens (tertiary/aromatic N) is 4. The number of aromatic nitrogens is 2. The number of ether oxygens (including phenoxy) is 1. The van der Waals surface area contributed by atoms with Gasteiger partial charge in [-0.15, -0.1) is 0 Å². The number of hydrogen-bond donors (Lipinski definition) is 1. The van der Waals surface area contributed by atoms with Crippen molar-refractivity contribution in [3.63, 3.8) is 0 Å². The quantitative estimate of drug-likeness (QED) is 0.901. The monoisotopic (exact) mass is 341 g/mol. The van der Waals surface area contributed by atoms with Crippen LogP contribution in [-0.4, -0.2) is 47.6 Å². The van der Waals surface area contributed by atoms with Gasteiger partial charge in [-0.3, -0.25) is 0 Å². The average molecular weight is 341 g/mol. The van der Waals surface area contributed by atoms with Crippen molar-refractivity contribution < 1.29 is 4.74 Å². The Kier molecular flexibility index (Phi) is 5.38. The molecule has 1 aromatic carbocycles. The van der Waals surface area contributed by atoms with E-state index in [0.717, 1.165) is 44.3 Å². The largest absolute Gasteiger partial charge is 0.437 e. The molecule has 1 saturated heterocycles. The van der Waals surface area contributed by atoms with E-state index in [2.05, 4.69) is 52.7 Å². The normalized spacial score (nSPS) is 15.6. The van der Waals surface area contributed by atoms with Crippen LogP contribution in [0.25, 0.3) is 0 Å². The number of nitrogen functional groups attached to an aromatic ring is 1. The molecular formula is C19H27N5O. The van der Waals surface area contributed by atoms with Gasteiger partial charge in [0.25, 0.3) is 0 Å². The van der Waals surface area contributed by atoms with E-state index in [0.29, 0.717) is 17.5 Å². The number of likely N-dealkylation sites (N-methyl/N-ethyl adjacent to an activating group) is 1. The molecule has 0 radical (unpaired) electrons. The van der Waals surface area contributed by atoms with E-state index in [1.807, 2.05) is 12.1 Å². The highest BCUT2D eigenvalue weighted by molar-refractivity contribution is 5.68. The summed E-state index contributed by atoms with van der Waals surface area (Å²) in [5.74, 6) is 2.41. The number of anilines is 2. The molecule has 1 aliphatic heterocycles. The van der Waals surface area contributed by atoms with Gasteiger partial charge in [-0.05, 0) is 30.2 Å². The number of hydrogen-bond acceptors (Lipinski definition) is 6. The van der Waals surface area contributed by atoms with Crippen LogP contribution in [0.1, 0.15) is 32.3 Å². The van der Waals surface area contributed by atoms with Crippen molar-refractivity contribution in [2.24, 2.45) is 0 Å². The van der Waals surface area contributed by atoms with E-state index in [1.165, 1.54) is 11.9 Å². The van der Waals surface area contributed by atoms with E-state index in [4.69, 9.17) is 10.5 Å². The zero-order chi connectivity index (χ0) is 17.8. The van der Waals surface area contributed by atoms with Crippen LogP contribution in [0.4, 0.5) is 11.5 Å². The molecule has 0 spiro atoms. The van der Waals surface area contributed by atoms with E-state index >= 15 is 0 Å². The van der Waals surface area contributed by atoms with Crippen LogP contribution >= 0.6 is 0 Å². The molecule has 2 heterocycles. The zero-order valence-electron chi connectivity index (χ0n) is 15.3. The van der Waals surface area contributed by atoms with Crippen LogP contribution in [0.15, 0.2) is 30.6 Å².